The third kappa shape index (κ3) is 4.45. The zero-order chi connectivity index (χ0) is 12.9. The van der Waals surface area contributed by atoms with Crippen LogP contribution in [0.15, 0.2) is 23.1 Å². The van der Waals surface area contributed by atoms with Gasteiger partial charge < -0.3 is 10.1 Å². The second-order valence-corrected chi connectivity index (χ2v) is 5.37. The zero-order valence-corrected chi connectivity index (χ0v) is 12.3. The molecule has 1 aromatic rings. The van der Waals surface area contributed by atoms with Gasteiger partial charge in [-0.25, -0.2) is 13.1 Å². The van der Waals surface area contributed by atoms with Crippen LogP contribution in [0.1, 0.15) is 5.56 Å². The van der Waals surface area contributed by atoms with E-state index in [4.69, 9.17) is 4.74 Å². The van der Waals surface area contributed by atoms with E-state index in [0.717, 1.165) is 0 Å². The maximum atomic E-state index is 11.9. The van der Waals surface area contributed by atoms with Crippen LogP contribution in [0.3, 0.4) is 0 Å². The first-order chi connectivity index (χ1) is 8.01. The van der Waals surface area contributed by atoms with Crippen LogP contribution in [0.5, 0.6) is 5.75 Å². The summed E-state index contributed by atoms with van der Waals surface area (Å²) in [5, 5.41) is 2.88. The van der Waals surface area contributed by atoms with Gasteiger partial charge in [0.2, 0.25) is 10.0 Å². The minimum absolute atomic E-state index is 0. The van der Waals surface area contributed by atoms with Gasteiger partial charge in [0, 0.05) is 13.1 Å². The lowest BCUT2D eigenvalue weighted by atomic mass is 10.2. The van der Waals surface area contributed by atoms with Gasteiger partial charge in [0.05, 0.1) is 12.0 Å². The summed E-state index contributed by atoms with van der Waals surface area (Å²) in [6.07, 6.45) is 0. The summed E-state index contributed by atoms with van der Waals surface area (Å²) < 4.78 is 31.5. The summed E-state index contributed by atoms with van der Waals surface area (Å²) in [5.74, 6) is 0.650. The number of halogens is 1. The number of ether oxygens (including phenoxy) is 1. The predicted octanol–water partition coefficient (Wildman–Crippen LogP) is 0.923. The summed E-state index contributed by atoms with van der Waals surface area (Å²) in [5.41, 5.74) is 0.668. The fraction of sp³-hybridized carbons (Fsp3) is 0.455. The van der Waals surface area contributed by atoms with Crippen molar-refractivity contribution in [2.75, 3.05) is 27.2 Å². The smallest absolute Gasteiger partial charge is 0.240 e. The first-order valence-corrected chi connectivity index (χ1v) is 6.78. The van der Waals surface area contributed by atoms with Gasteiger partial charge in [-0.1, -0.05) is 0 Å². The molecule has 0 spiro atoms. The summed E-state index contributed by atoms with van der Waals surface area (Å²) in [7, 11) is -0.113. The Morgan fingerprint density at radius 1 is 1.28 bits per heavy atom. The number of rotatable bonds is 6. The average Bonchev–Trinajstić information content (AvgIpc) is 2.28. The average molecular weight is 295 g/mol. The van der Waals surface area contributed by atoms with E-state index in [1.807, 2.05) is 0 Å². The van der Waals surface area contributed by atoms with Crippen molar-refractivity contribution < 1.29 is 13.2 Å². The molecule has 0 atom stereocenters. The number of sulfonamides is 1. The van der Waals surface area contributed by atoms with E-state index >= 15 is 0 Å². The summed E-state index contributed by atoms with van der Waals surface area (Å²) >= 11 is 0. The Morgan fingerprint density at radius 3 is 2.44 bits per heavy atom. The van der Waals surface area contributed by atoms with Gasteiger partial charge in [-0.05, 0) is 37.7 Å². The van der Waals surface area contributed by atoms with Gasteiger partial charge in [0.15, 0.2) is 0 Å². The highest BCUT2D eigenvalue weighted by molar-refractivity contribution is 7.89. The van der Waals surface area contributed by atoms with Crippen molar-refractivity contribution in [3.05, 3.63) is 23.8 Å². The number of likely N-dealkylation sites (N-methyl/N-ethyl adjacent to an activating group) is 1. The molecule has 0 aromatic heterocycles. The van der Waals surface area contributed by atoms with Crippen LogP contribution in [0.4, 0.5) is 0 Å². The fourth-order valence-electron chi connectivity index (χ4n) is 1.44. The Kier molecular flexibility index (Phi) is 7.23. The molecule has 0 unspecified atom stereocenters. The Bertz CT molecular complexity index is 477. The summed E-state index contributed by atoms with van der Waals surface area (Å²) in [6, 6.07) is 4.89. The number of hydrogen-bond acceptors (Lipinski definition) is 4. The summed E-state index contributed by atoms with van der Waals surface area (Å²) in [6.45, 7) is 2.70. The molecule has 1 rings (SSSR count). The molecule has 0 bridgehead atoms. The highest BCUT2D eigenvalue weighted by Gasteiger charge is 2.16. The highest BCUT2D eigenvalue weighted by atomic mass is 35.5. The second-order valence-electron chi connectivity index (χ2n) is 3.63. The highest BCUT2D eigenvalue weighted by Crippen LogP contribution is 2.20. The van der Waals surface area contributed by atoms with Crippen molar-refractivity contribution in [1.82, 2.24) is 10.0 Å². The quantitative estimate of drug-likeness (QED) is 0.766. The van der Waals surface area contributed by atoms with E-state index in [9.17, 15) is 8.42 Å². The Labute approximate surface area is 114 Å². The second kappa shape index (κ2) is 7.58. The van der Waals surface area contributed by atoms with Gasteiger partial charge in [-0.15, -0.1) is 12.4 Å². The minimum Gasteiger partial charge on any atom is -0.497 e. The lowest BCUT2D eigenvalue weighted by Gasteiger charge is -2.10. The van der Waals surface area contributed by atoms with E-state index in [-0.39, 0.29) is 17.3 Å². The molecular weight excluding hydrogens is 276 g/mol. The molecule has 0 aliphatic rings. The molecular formula is C11H19ClN2O3S. The topological polar surface area (TPSA) is 67.4 Å². The lowest BCUT2D eigenvalue weighted by molar-refractivity contribution is 0.414. The molecule has 18 heavy (non-hydrogen) atoms. The van der Waals surface area contributed by atoms with Gasteiger partial charge in [-0.2, -0.15) is 0 Å². The van der Waals surface area contributed by atoms with Gasteiger partial charge in [0.1, 0.15) is 5.75 Å². The first kappa shape index (κ1) is 17.2. The van der Waals surface area contributed by atoms with Crippen LogP contribution in [0.25, 0.3) is 0 Å². The molecule has 1 aromatic carbocycles. The molecule has 2 N–H and O–H groups in total. The number of benzene rings is 1. The maximum Gasteiger partial charge on any atom is 0.240 e. The monoisotopic (exact) mass is 294 g/mol. The van der Waals surface area contributed by atoms with Gasteiger partial charge in [-0.3, -0.25) is 0 Å². The number of hydrogen-bond donors (Lipinski definition) is 2. The molecule has 0 amide bonds. The molecule has 0 heterocycles. The maximum absolute atomic E-state index is 11.9. The third-order valence-electron chi connectivity index (χ3n) is 2.34. The SMILES string of the molecule is CNCCNS(=O)(=O)c1ccc(OC)cc1C.Cl. The summed E-state index contributed by atoms with van der Waals surface area (Å²) in [4.78, 5) is 0.286. The van der Waals surface area contributed by atoms with Crippen molar-refractivity contribution in [2.24, 2.45) is 0 Å². The van der Waals surface area contributed by atoms with Crippen LogP contribution < -0.4 is 14.8 Å². The fourth-order valence-corrected chi connectivity index (χ4v) is 2.69. The van der Waals surface area contributed by atoms with E-state index in [1.165, 1.54) is 0 Å². The minimum atomic E-state index is -3.43. The Hall–Kier alpha value is -0.820. The first-order valence-electron chi connectivity index (χ1n) is 5.30. The van der Waals surface area contributed by atoms with Crippen LogP contribution in [-0.4, -0.2) is 35.7 Å². The molecule has 0 aliphatic heterocycles. The van der Waals surface area contributed by atoms with Crippen molar-refractivity contribution in [2.45, 2.75) is 11.8 Å². The van der Waals surface area contributed by atoms with Crippen LogP contribution in [-0.2, 0) is 10.0 Å². The van der Waals surface area contributed by atoms with Crippen molar-refractivity contribution >= 4 is 22.4 Å². The lowest BCUT2D eigenvalue weighted by Crippen LogP contribution is -2.30. The van der Waals surface area contributed by atoms with Gasteiger partial charge in [0.25, 0.3) is 0 Å². The standard InChI is InChI=1S/C11H18N2O3S.ClH/c1-9-8-10(16-3)4-5-11(9)17(14,15)13-7-6-12-2;/h4-5,8,12-13H,6-7H2,1-3H3;1H. The molecule has 0 saturated heterocycles. The van der Waals surface area contributed by atoms with E-state index in [0.29, 0.717) is 24.4 Å². The van der Waals surface area contributed by atoms with E-state index in [2.05, 4.69) is 10.0 Å². The molecule has 0 radical (unpaired) electrons. The number of nitrogens with one attached hydrogen (secondary N) is 2. The van der Waals surface area contributed by atoms with E-state index < -0.39 is 10.0 Å². The van der Waals surface area contributed by atoms with Gasteiger partial charge >= 0.3 is 0 Å². The zero-order valence-electron chi connectivity index (χ0n) is 10.7. The van der Waals surface area contributed by atoms with Crippen molar-refractivity contribution in [3.8, 4) is 5.75 Å². The largest absolute Gasteiger partial charge is 0.497 e. The number of aryl methyl sites for hydroxylation is 1. The Balaban J connectivity index is 0.00000289. The van der Waals surface area contributed by atoms with Crippen molar-refractivity contribution in [1.29, 1.82) is 0 Å². The van der Waals surface area contributed by atoms with Crippen LogP contribution >= 0.6 is 12.4 Å². The molecule has 0 aliphatic carbocycles. The predicted molar refractivity (Wildman–Crippen MR) is 74.1 cm³/mol. The van der Waals surface area contributed by atoms with E-state index in [1.54, 1.807) is 39.3 Å². The molecule has 104 valence electrons. The molecule has 0 fully saturated rings. The molecule has 7 heteroatoms. The molecule has 0 saturated carbocycles. The number of methoxy groups -OCH3 is 1. The van der Waals surface area contributed by atoms with Crippen molar-refractivity contribution in [3.63, 3.8) is 0 Å². The van der Waals surface area contributed by atoms with Crippen LogP contribution in [0.2, 0.25) is 0 Å². The normalized spacial score (nSPS) is 10.8. The van der Waals surface area contributed by atoms with Crippen LogP contribution in [0, 0.1) is 6.92 Å². The third-order valence-corrected chi connectivity index (χ3v) is 3.96. The Morgan fingerprint density at radius 2 is 1.94 bits per heavy atom. The molecule has 5 nitrogen and oxygen atoms in total.